The monoisotopic (exact) mass is 352 g/mol. The van der Waals surface area contributed by atoms with Crippen molar-refractivity contribution in [1.82, 2.24) is 19.6 Å². The lowest BCUT2D eigenvalue weighted by atomic mass is 10.0. The molecule has 3 rings (SSSR count). The van der Waals surface area contributed by atoms with E-state index in [1.165, 1.54) is 11.8 Å². The second kappa shape index (κ2) is 7.99. The Kier molecular flexibility index (Phi) is 5.51. The Hall–Kier alpha value is -2.89. The standard InChI is InChI=1S/C20H24N4O2/c1-15(9-10-17-7-5-4-6-8-17)24(13-19-21-11-12-23(19)3)20(25)18-14-26-22-16(18)2/h4-8,11-12,14-15H,9-10,13H2,1-3H3/t15-/m1/s1. The van der Waals surface area contributed by atoms with Gasteiger partial charge >= 0.3 is 0 Å². The van der Waals surface area contributed by atoms with Crippen molar-refractivity contribution in [3.63, 3.8) is 0 Å². The highest BCUT2D eigenvalue weighted by Crippen LogP contribution is 2.18. The molecule has 1 aromatic carbocycles. The van der Waals surface area contributed by atoms with Crippen LogP contribution >= 0.6 is 0 Å². The number of rotatable bonds is 7. The van der Waals surface area contributed by atoms with Crippen LogP contribution in [0.4, 0.5) is 0 Å². The zero-order valence-electron chi connectivity index (χ0n) is 15.4. The Morgan fingerprint density at radius 2 is 2.08 bits per heavy atom. The molecule has 2 aromatic heterocycles. The summed E-state index contributed by atoms with van der Waals surface area (Å²) in [6.07, 6.45) is 6.83. The molecule has 26 heavy (non-hydrogen) atoms. The third-order valence-electron chi connectivity index (χ3n) is 4.70. The quantitative estimate of drug-likeness (QED) is 0.654. The molecule has 0 bridgehead atoms. The Balaban J connectivity index is 1.78. The number of carbonyl (C=O) groups is 1. The molecule has 0 N–H and O–H groups in total. The fourth-order valence-electron chi connectivity index (χ4n) is 2.96. The molecule has 6 nitrogen and oxygen atoms in total. The SMILES string of the molecule is Cc1nocc1C(=O)N(Cc1nccn1C)[C@H](C)CCc1ccccc1. The second-order valence-corrected chi connectivity index (χ2v) is 6.57. The van der Waals surface area contributed by atoms with Gasteiger partial charge in [0.25, 0.3) is 5.91 Å². The van der Waals surface area contributed by atoms with Gasteiger partial charge in [0.15, 0.2) is 0 Å². The lowest BCUT2D eigenvalue weighted by molar-refractivity contribution is 0.0658. The van der Waals surface area contributed by atoms with E-state index in [0.717, 1.165) is 18.7 Å². The van der Waals surface area contributed by atoms with Gasteiger partial charge in [-0.2, -0.15) is 0 Å². The maximum atomic E-state index is 13.1. The summed E-state index contributed by atoms with van der Waals surface area (Å²) < 4.78 is 6.90. The first-order valence-electron chi connectivity index (χ1n) is 8.78. The molecule has 0 aliphatic heterocycles. The Labute approximate surface area is 153 Å². The van der Waals surface area contributed by atoms with Crippen LogP contribution in [-0.2, 0) is 20.0 Å². The lowest BCUT2D eigenvalue weighted by Crippen LogP contribution is -2.39. The Morgan fingerprint density at radius 3 is 2.69 bits per heavy atom. The van der Waals surface area contributed by atoms with Gasteiger partial charge in [-0.15, -0.1) is 0 Å². The number of benzene rings is 1. The van der Waals surface area contributed by atoms with Gasteiger partial charge in [0.05, 0.1) is 12.2 Å². The summed E-state index contributed by atoms with van der Waals surface area (Å²) in [6.45, 7) is 4.31. The summed E-state index contributed by atoms with van der Waals surface area (Å²) in [7, 11) is 1.93. The van der Waals surface area contributed by atoms with Crippen LogP contribution in [0.25, 0.3) is 0 Å². The van der Waals surface area contributed by atoms with Crippen LogP contribution in [0.15, 0.2) is 53.5 Å². The smallest absolute Gasteiger partial charge is 0.259 e. The lowest BCUT2D eigenvalue weighted by Gasteiger charge is -2.29. The minimum atomic E-state index is -0.0766. The molecule has 1 atom stereocenters. The van der Waals surface area contributed by atoms with Gasteiger partial charge in [0.1, 0.15) is 17.7 Å². The zero-order valence-corrected chi connectivity index (χ0v) is 15.4. The van der Waals surface area contributed by atoms with Crippen molar-refractivity contribution in [2.75, 3.05) is 0 Å². The first kappa shape index (κ1) is 17.9. The molecular weight excluding hydrogens is 328 g/mol. The number of carbonyl (C=O) groups excluding carboxylic acids is 1. The van der Waals surface area contributed by atoms with Crippen LogP contribution < -0.4 is 0 Å². The van der Waals surface area contributed by atoms with Crippen LogP contribution in [0.2, 0.25) is 0 Å². The maximum absolute atomic E-state index is 13.1. The van der Waals surface area contributed by atoms with E-state index in [1.807, 2.05) is 40.9 Å². The van der Waals surface area contributed by atoms with Crippen LogP contribution in [0.3, 0.4) is 0 Å². The summed E-state index contributed by atoms with van der Waals surface area (Å²) >= 11 is 0. The first-order chi connectivity index (χ1) is 12.6. The van der Waals surface area contributed by atoms with Crippen molar-refractivity contribution < 1.29 is 9.32 Å². The number of aryl methyl sites for hydroxylation is 3. The molecular formula is C20H24N4O2. The minimum Gasteiger partial charge on any atom is -0.364 e. The molecule has 136 valence electrons. The van der Waals surface area contributed by atoms with Crippen molar-refractivity contribution in [2.24, 2.45) is 7.05 Å². The molecule has 0 aliphatic carbocycles. The molecule has 2 heterocycles. The third-order valence-corrected chi connectivity index (χ3v) is 4.70. The van der Waals surface area contributed by atoms with Crippen molar-refractivity contribution in [3.8, 4) is 0 Å². The molecule has 0 unspecified atom stereocenters. The van der Waals surface area contributed by atoms with E-state index in [9.17, 15) is 4.79 Å². The van der Waals surface area contributed by atoms with Crippen molar-refractivity contribution in [2.45, 2.75) is 39.3 Å². The van der Waals surface area contributed by atoms with E-state index in [2.05, 4.69) is 29.2 Å². The van der Waals surface area contributed by atoms with Gasteiger partial charge < -0.3 is 14.0 Å². The molecule has 0 radical (unpaired) electrons. The highest BCUT2D eigenvalue weighted by molar-refractivity contribution is 5.95. The summed E-state index contributed by atoms with van der Waals surface area (Å²) in [5.74, 6) is 0.770. The van der Waals surface area contributed by atoms with Crippen LogP contribution in [0.5, 0.6) is 0 Å². The third kappa shape index (κ3) is 4.02. The largest absolute Gasteiger partial charge is 0.364 e. The van der Waals surface area contributed by atoms with E-state index in [1.54, 1.807) is 13.1 Å². The maximum Gasteiger partial charge on any atom is 0.259 e. The Bertz CT molecular complexity index is 854. The second-order valence-electron chi connectivity index (χ2n) is 6.57. The van der Waals surface area contributed by atoms with E-state index in [4.69, 9.17) is 4.52 Å². The van der Waals surface area contributed by atoms with Crippen molar-refractivity contribution in [1.29, 1.82) is 0 Å². The van der Waals surface area contributed by atoms with Gasteiger partial charge in [-0.1, -0.05) is 35.5 Å². The molecule has 0 saturated heterocycles. The van der Waals surface area contributed by atoms with E-state index < -0.39 is 0 Å². The fraction of sp³-hybridized carbons (Fsp3) is 0.350. The van der Waals surface area contributed by atoms with Gasteiger partial charge in [-0.3, -0.25) is 4.79 Å². The molecule has 0 saturated carbocycles. The van der Waals surface area contributed by atoms with Crippen LogP contribution in [-0.4, -0.2) is 31.6 Å². The zero-order chi connectivity index (χ0) is 18.5. The van der Waals surface area contributed by atoms with Gasteiger partial charge in [0.2, 0.25) is 0 Å². The van der Waals surface area contributed by atoms with Crippen molar-refractivity contribution >= 4 is 5.91 Å². The summed E-state index contributed by atoms with van der Waals surface area (Å²) in [5, 5.41) is 3.84. The van der Waals surface area contributed by atoms with Crippen LogP contribution in [0, 0.1) is 6.92 Å². The average molecular weight is 352 g/mol. The highest BCUT2D eigenvalue weighted by atomic mass is 16.5. The molecule has 1 amide bonds. The van der Waals surface area contributed by atoms with Gasteiger partial charge in [-0.25, -0.2) is 4.98 Å². The highest BCUT2D eigenvalue weighted by Gasteiger charge is 2.26. The minimum absolute atomic E-state index is 0.0497. The normalized spacial score (nSPS) is 12.1. The van der Waals surface area contributed by atoms with Gasteiger partial charge in [-0.05, 0) is 32.3 Å². The predicted molar refractivity (Wildman–Crippen MR) is 98.5 cm³/mol. The average Bonchev–Trinajstić information content (AvgIpc) is 3.26. The first-order valence-corrected chi connectivity index (χ1v) is 8.78. The number of hydrogen-bond donors (Lipinski definition) is 0. The van der Waals surface area contributed by atoms with Crippen molar-refractivity contribution in [3.05, 3.63) is 71.6 Å². The van der Waals surface area contributed by atoms with E-state index in [0.29, 0.717) is 17.8 Å². The predicted octanol–water partition coefficient (Wildman–Crippen LogP) is 3.38. The number of nitrogens with zero attached hydrogens (tertiary/aromatic N) is 4. The molecule has 0 fully saturated rings. The van der Waals surface area contributed by atoms with Crippen LogP contribution in [0.1, 0.15) is 40.8 Å². The summed E-state index contributed by atoms with van der Waals surface area (Å²) in [5.41, 5.74) is 2.38. The van der Waals surface area contributed by atoms with E-state index >= 15 is 0 Å². The molecule has 0 spiro atoms. The molecule has 3 aromatic rings. The van der Waals surface area contributed by atoms with E-state index in [-0.39, 0.29) is 11.9 Å². The fourth-order valence-corrected chi connectivity index (χ4v) is 2.96. The van der Waals surface area contributed by atoms with Gasteiger partial charge in [0, 0.05) is 25.5 Å². The topological polar surface area (TPSA) is 64.2 Å². The summed E-state index contributed by atoms with van der Waals surface area (Å²) in [4.78, 5) is 19.3. The number of amides is 1. The number of aromatic nitrogens is 3. The Morgan fingerprint density at radius 1 is 1.31 bits per heavy atom. The number of imidazole rings is 1. The molecule has 6 heteroatoms. The molecule has 0 aliphatic rings. The summed E-state index contributed by atoms with van der Waals surface area (Å²) in [6, 6.07) is 10.4. The number of hydrogen-bond acceptors (Lipinski definition) is 4.